The standard InChI is InChI=1S/C36H40F5N3O2/c1-33-21-30(24-4-2-23(3-5-24)22-43-16-18-44(19-17-43)26-11-14-42-15-12-26)32-28-9-7-27(45)20-25(28)6-8-29(32)31(33)10-13-34(33,46)35(37,38)36(39,40)41/h2-5,11-12,14-15,20,29-31,46H,6-10,13,16-19,21-22H2,1H3/t29-,30+,31-,33-,34-/m0/s1. The van der Waals surface area contributed by atoms with E-state index in [9.17, 15) is 23.1 Å². The summed E-state index contributed by atoms with van der Waals surface area (Å²) in [5, 5.41) is 11.5. The fraction of sp³-hybridized carbons (Fsp3) is 0.556. The van der Waals surface area contributed by atoms with Gasteiger partial charge in [0.05, 0.1) is 0 Å². The predicted molar refractivity (Wildman–Crippen MR) is 164 cm³/mol. The number of aliphatic hydroxyl groups is 1. The van der Waals surface area contributed by atoms with E-state index in [0.29, 0.717) is 25.7 Å². The molecule has 3 fully saturated rings. The zero-order valence-electron chi connectivity index (χ0n) is 26.0. The number of anilines is 1. The van der Waals surface area contributed by atoms with Gasteiger partial charge in [0, 0.05) is 68.6 Å². The van der Waals surface area contributed by atoms with E-state index >= 15 is 8.78 Å². The summed E-state index contributed by atoms with van der Waals surface area (Å²) in [6, 6.07) is 12.1. The Morgan fingerprint density at radius 3 is 2.30 bits per heavy atom. The summed E-state index contributed by atoms with van der Waals surface area (Å²) in [5.74, 6) is -6.32. The van der Waals surface area contributed by atoms with E-state index in [2.05, 4.69) is 14.8 Å². The van der Waals surface area contributed by atoms with Crippen LogP contribution in [0.25, 0.3) is 0 Å². The van der Waals surface area contributed by atoms with Crippen molar-refractivity contribution in [1.29, 1.82) is 0 Å². The van der Waals surface area contributed by atoms with Crippen LogP contribution in [0.5, 0.6) is 0 Å². The van der Waals surface area contributed by atoms with Crippen molar-refractivity contribution in [1.82, 2.24) is 9.88 Å². The maximum Gasteiger partial charge on any atom is 0.456 e. The summed E-state index contributed by atoms with van der Waals surface area (Å²) in [4.78, 5) is 21.1. The highest BCUT2D eigenvalue weighted by Gasteiger charge is 2.79. The Hall–Kier alpha value is -3.11. The Morgan fingerprint density at radius 1 is 0.935 bits per heavy atom. The minimum atomic E-state index is -5.86. The second kappa shape index (κ2) is 11.3. The van der Waals surface area contributed by atoms with Gasteiger partial charge in [-0.15, -0.1) is 0 Å². The summed E-state index contributed by atoms with van der Waals surface area (Å²) in [6.45, 7) is 5.79. The van der Waals surface area contributed by atoms with Crippen LogP contribution in [0.4, 0.5) is 27.6 Å². The highest BCUT2D eigenvalue weighted by Crippen LogP contribution is 2.70. The predicted octanol–water partition coefficient (Wildman–Crippen LogP) is 7.23. The zero-order chi connectivity index (χ0) is 32.5. The van der Waals surface area contributed by atoms with Gasteiger partial charge in [-0.05, 0) is 90.8 Å². The molecule has 1 aliphatic heterocycles. The van der Waals surface area contributed by atoms with Crippen molar-refractivity contribution in [3.8, 4) is 0 Å². The number of alkyl halides is 5. The lowest BCUT2D eigenvalue weighted by molar-refractivity contribution is -0.362. The van der Waals surface area contributed by atoms with E-state index < -0.39 is 41.4 Å². The number of halogens is 5. The number of pyridine rings is 1. The summed E-state index contributed by atoms with van der Waals surface area (Å²) in [6.07, 6.45) is 1.04. The van der Waals surface area contributed by atoms with Crippen molar-refractivity contribution in [2.45, 2.75) is 82.0 Å². The van der Waals surface area contributed by atoms with Gasteiger partial charge in [0.2, 0.25) is 0 Å². The molecule has 7 rings (SSSR count). The van der Waals surface area contributed by atoms with Crippen LogP contribution in [0.15, 0.2) is 71.6 Å². The smallest absolute Gasteiger partial charge is 0.383 e. The van der Waals surface area contributed by atoms with Gasteiger partial charge in [-0.1, -0.05) is 36.8 Å². The van der Waals surface area contributed by atoms with Crippen molar-refractivity contribution in [3.05, 3.63) is 82.7 Å². The Labute approximate surface area is 266 Å². The molecule has 4 aliphatic carbocycles. The molecule has 2 saturated carbocycles. The van der Waals surface area contributed by atoms with Crippen LogP contribution in [-0.4, -0.2) is 64.7 Å². The van der Waals surface area contributed by atoms with E-state index in [-0.39, 0.29) is 24.5 Å². The van der Waals surface area contributed by atoms with Crippen molar-refractivity contribution in [3.63, 3.8) is 0 Å². The third kappa shape index (κ3) is 4.93. The van der Waals surface area contributed by atoms with E-state index in [1.807, 2.05) is 36.4 Å². The molecular weight excluding hydrogens is 601 g/mol. The lowest BCUT2D eigenvalue weighted by Gasteiger charge is -2.56. The lowest BCUT2D eigenvalue weighted by Crippen LogP contribution is -2.65. The van der Waals surface area contributed by atoms with Crippen LogP contribution in [-0.2, 0) is 11.3 Å². The number of hydrogen-bond donors (Lipinski definition) is 1. The Morgan fingerprint density at radius 2 is 1.63 bits per heavy atom. The first kappa shape index (κ1) is 31.5. The molecule has 0 bridgehead atoms. The van der Waals surface area contributed by atoms with Crippen molar-refractivity contribution < 1.29 is 31.9 Å². The number of nitrogens with zero attached hydrogens (tertiary/aromatic N) is 3. The molecule has 2 aromatic rings. The normalized spacial score (nSPS) is 32.2. The topological polar surface area (TPSA) is 56.7 Å². The molecule has 5 atom stereocenters. The van der Waals surface area contributed by atoms with Crippen molar-refractivity contribution in [2.24, 2.45) is 17.3 Å². The van der Waals surface area contributed by atoms with Gasteiger partial charge < -0.3 is 10.0 Å². The molecule has 5 aliphatic rings. The molecular formula is C36H40F5N3O2. The van der Waals surface area contributed by atoms with Crippen LogP contribution >= 0.6 is 0 Å². The number of aromatic nitrogens is 1. The molecule has 1 aromatic heterocycles. The van der Waals surface area contributed by atoms with Crippen LogP contribution in [0.1, 0.15) is 68.9 Å². The van der Waals surface area contributed by atoms with Gasteiger partial charge in [0.1, 0.15) is 5.60 Å². The second-order valence-corrected chi connectivity index (χ2v) is 14.2. The molecule has 46 heavy (non-hydrogen) atoms. The summed E-state index contributed by atoms with van der Waals surface area (Å²) in [5.41, 5.74) is 1.42. The molecule has 10 heteroatoms. The van der Waals surface area contributed by atoms with E-state index in [4.69, 9.17) is 0 Å². The Kier molecular flexibility index (Phi) is 7.70. The number of benzene rings is 1. The van der Waals surface area contributed by atoms with Crippen LogP contribution in [0, 0.1) is 17.3 Å². The quantitative estimate of drug-likeness (QED) is 0.349. The van der Waals surface area contributed by atoms with Gasteiger partial charge in [-0.3, -0.25) is 14.7 Å². The largest absolute Gasteiger partial charge is 0.456 e. The van der Waals surface area contributed by atoms with Gasteiger partial charge >= 0.3 is 12.1 Å². The fourth-order valence-electron chi connectivity index (χ4n) is 9.55. The number of allylic oxidation sites excluding steroid dienone is 4. The van der Waals surface area contributed by atoms with E-state index in [1.165, 1.54) is 6.92 Å². The van der Waals surface area contributed by atoms with Crippen LogP contribution < -0.4 is 4.90 Å². The average molecular weight is 642 g/mol. The lowest BCUT2D eigenvalue weighted by atomic mass is 9.50. The molecule has 0 radical (unpaired) electrons. The van der Waals surface area contributed by atoms with Crippen molar-refractivity contribution in [2.75, 3.05) is 31.1 Å². The van der Waals surface area contributed by atoms with Crippen LogP contribution in [0.2, 0.25) is 0 Å². The molecule has 1 saturated heterocycles. The number of carbonyl (C=O) groups excluding carboxylic acids is 1. The number of rotatable bonds is 5. The highest BCUT2D eigenvalue weighted by molar-refractivity contribution is 5.93. The van der Waals surface area contributed by atoms with Gasteiger partial charge in [-0.2, -0.15) is 22.0 Å². The van der Waals surface area contributed by atoms with Gasteiger partial charge in [0.15, 0.2) is 5.78 Å². The molecule has 1 N–H and O–H groups in total. The van der Waals surface area contributed by atoms with Crippen LogP contribution in [0.3, 0.4) is 0 Å². The molecule has 0 spiro atoms. The maximum atomic E-state index is 15.3. The van der Waals surface area contributed by atoms with E-state index in [0.717, 1.165) is 66.3 Å². The number of piperazine rings is 1. The third-order valence-corrected chi connectivity index (χ3v) is 12.0. The number of carbonyl (C=O) groups is 1. The first-order valence-corrected chi connectivity index (χ1v) is 16.4. The summed E-state index contributed by atoms with van der Waals surface area (Å²) in [7, 11) is 0. The minimum absolute atomic E-state index is 0.00723. The SMILES string of the molecule is C[C@]12C[C@H](c3ccc(CN4CCN(c5ccncc5)CC4)cc3)C3=C4CCC(=O)C=C4CC[C@H]3[C@@H]1CC[C@@]2(O)C(F)(F)C(F)(F)F. The first-order chi connectivity index (χ1) is 21.8. The Bertz CT molecular complexity index is 1550. The number of fused-ring (bicyclic) bond motifs is 4. The number of ketones is 1. The Balaban J connectivity index is 1.19. The molecule has 2 heterocycles. The van der Waals surface area contributed by atoms with Gasteiger partial charge in [-0.25, -0.2) is 0 Å². The zero-order valence-corrected chi connectivity index (χ0v) is 26.0. The minimum Gasteiger partial charge on any atom is -0.383 e. The molecule has 5 nitrogen and oxygen atoms in total. The maximum absolute atomic E-state index is 15.3. The summed E-state index contributed by atoms with van der Waals surface area (Å²) < 4.78 is 72.0. The molecule has 0 amide bonds. The second-order valence-electron chi connectivity index (χ2n) is 14.2. The number of hydrogen-bond acceptors (Lipinski definition) is 5. The molecule has 0 unspecified atom stereocenters. The molecule has 246 valence electrons. The first-order valence-electron chi connectivity index (χ1n) is 16.4. The molecule has 1 aromatic carbocycles. The average Bonchev–Trinajstić information content (AvgIpc) is 3.32. The monoisotopic (exact) mass is 641 g/mol. The highest BCUT2D eigenvalue weighted by atomic mass is 19.4. The summed E-state index contributed by atoms with van der Waals surface area (Å²) >= 11 is 0. The van der Waals surface area contributed by atoms with E-state index in [1.54, 1.807) is 18.5 Å². The fourth-order valence-corrected chi connectivity index (χ4v) is 9.55. The van der Waals surface area contributed by atoms with Gasteiger partial charge in [0.25, 0.3) is 0 Å². The third-order valence-electron chi connectivity index (χ3n) is 12.0. The van der Waals surface area contributed by atoms with Crippen molar-refractivity contribution >= 4 is 11.5 Å².